The molecule has 0 radical (unpaired) electrons. The Labute approximate surface area is 146 Å². The van der Waals surface area contributed by atoms with Gasteiger partial charge in [0.05, 0.1) is 5.56 Å². The van der Waals surface area contributed by atoms with Crippen molar-refractivity contribution in [3.05, 3.63) is 33.2 Å². The molecule has 3 N–H and O–H groups in total. The quantitative estimate of drug-likeness (QED) is 0.592. The van der Waals surface area contributed by atoms with E-state index in [1.165, 1.54) is 10.6 Å². The number of aryl methyl sites for hydroxylation is 1. The van der Waals surface area contributed by atoms with Gasteiger partial charge in [0, 0.05) is 30.8 Å². The highest BCUT2D eigenvalue weighted by molar-refractivity contribution is 5.96. The molecule has 1 aromatic heterocycles. The van der Waals surface area contributed by atoms with Crippen molar-refractivity contribution in [1.82, 2.24) is 15.2 Å². The Hall–Kier alpha value is -2.64. The van der Waals surface area contributed by atoms with Crippen LogP contribution in [0.1, 0.15) is 48.3 Å². The first kappa shape index (κ1) is 20.4. The van der Waals surface area contributed by atoms with Crippen molar-refractivity contribution >= 4 is 17.8 Å². The molecule has 0 aliphatic heterocycles. The molecule has 25 heavy (non-hydrogen) atoms. The zero-order chi connectivity index (χ0) is 19.1. The largest absolute Gasteiger partial charge is 0.481 e. The smallest absolute Gasteiger partial charge is 0.303 e. The zero-order valence-electron chi connectivity index (χ0n) is 15.0. The lowest BCUT2D eigenvalue weighted by atomic mass is 10.1. The Bertz CT molecular complexity index is 722. The van der Waals surface area contributed by atoms with Gasteiger partial charge < -0.3 is 20.3 Å². The predicted octanol–water partition coefficient (Wildman–Crippen LogP) is 0.584. The van der Waals surface area contributed by atoms with Crippen molar-refractivity contribution in [3.8, 4) is 0 Å². The minimum atomic E-state index is -0.925. The molecule has 0 aromatic carbocycles. The molecule has 8 nitrogen and oxygen atoms in total. The van der Waals surface area contributed by atoms with Crippen LogP contribution in [-0.4, -0.2) is 40.0 Å². The van der Waals surface area contributed by atoms with E-state index in [4.69, 9.17) is 5.11 Å². The van der Waals surface area contributed by atoms with Crippen LogP contribution >= 0.6 is 0 Å². The first-order chi connectivity index (χ1) is 11.6. The minimum absolute atomic E-state index is 0.0346. The molecule has 0 saturated carbocycles. The van der Waals surface area contributed by atoms with Gasteiger partial charge in [-0.25, -0.2) is 0 Å². The number of hydrogen-bond donors (Lipinski definition) is 3. The number of carboxylic acid groups (broad SMARTS) is 1. The third-order valence-electron chi connectivity index (χ3n) is 3.60. The maximum absolute atomic E-state index is 12.4. The first-order valence-corrected chi connectivity index (χ1v) is 8.13. The maximum atomic E-state index is 12.4. The van der Waals surface area contributed by atoms with Crippen molar-refractivity contribution < 1.29 is 19.5 Å². The Balaban J connectivity index is 2.98. The number of carbonyl (C=O) groups is 3. The van der Waals surface area contributed by atoms with Crippen LogP contribution in [0, 0.1) is 13.8 Å². The molecule has 0 unspecified atom stereocenters. The Morgan fingerprint density at radius 2 is 1.88 bits per heavy atom. The van der Waals surface area contributed by atoms with Crippen molar-refractivity contribution in [2.24, 2.45) is 0 Å². The highest BCUT2D eigenvalue weighted by Crippen LogP contribution is 2.11. The van der Waals surface area contributed by atoms with Gasteiger partial charge in [-0.15, -0.1) is 0 Å². The monoisotopic (exact) mass is 351 g/mol. The van der Waals surface area contributed by atoms with Crippen molar-refractivity contribution in [1.29, 1.82) is 0 Å². The van der Waals surface area contributed by atoms with Gasteiger partial charge in [0.15, 0.2) is 0 Å². The summed E-state index contributed by atoms with van der Waals surface area (Å²) in [5, 5.41) is 14.0. The number of carboxylic acids is 1. The van der Waals surface area contributed by atoms with E-state index < -0.39 is 11.9 Å². The minimum Gasteiger partial charge on any atom is -0.481 e. The number of aromatic nitrogens is 1. The van der Waals surface area contributed by atoms with Crippen LogP contribution in [0.5, 0.6) is 0 Å². The Kier molecular flexibility index (Phi) is 7.35. The van der Waals surface area contributed by atoms with Gasteiger partial charge in [-0.05, 0) is 39.7 Å². The molecule has 0 bridgehead atoms. The standard InChI is InChI=1S/C17H25N3O5/c1-10(2)19-13(21)9-20-12(4)16(11(3)8-14(20)22)17(25)18-7-5-6-15(23)24/h8,10H,5-7,9H2,1-4H3,(H,18,25)(H,19,21)(H,23,24). The Morgan fingerprint density at radius 1 is 1.24 bits per heavy atom. The summed E-state index contributed by atoms with van der Waals surface area (Å²) in [4.78, 5) is 47.0. The number of nitrogens with zero attached hydrogens (tertiary/aromatic N) is 1. The summed E-state index contributed by atoms with van der Waals surface area (Å²) in [5.41, 5.74) is 0.891. The van der Waals surface area contributed by atoms with Gasteiger partial charge in [0.1, 0.15) is 6.54 Å². The maximum Gasteiger partial charge on any atom is 0.303 e. The molecule has 0 spiro atoms. The third kappa shape index (κ3) is 6.06. The topological polar surface area (TPSA) is 118 Å². The normalized spacial score (nSPS) is 10.6. The zero-order valence-corrected chi connectivity index (χ0v) is 15.0. The number of rotatable bonds is 8. The fraction of sp³-hybridized carbons (Fsp3) is 0.529. The van der Waals surface area contributed by atoms with Crippen molar-refractivity contribution in [2.75, 3.05) is 6.54 Å². The van der Waals surface area contributed by atoms with Crippen LogP contribution in [-0.2, 0) is 16.1 Å². The van der Waals surface area contributed by atoms with Gasteiger partial charge in [-0.3, -0.25) is 19.2 Å². The molecule has 0 saturated heterocycles. The average molecular weight is 351 g/mol. The number of pyridine rings is 1. The summed E-state index contributed by atoms with van der Waals surface area (Å²) in [7, 11) is 0. The van der Waals surface area contributed by atoms with Crippen LogP contribution in [0.2, 0.25) is 0 Å². The summed E-state index contributed by atoms with van der Waals surface area (Å²) in [5.74, 6) is -1.62. The summed E-state index contributed by atoms with van der Waals surface area (Å²) in [6.45, 7) is 6.96. The molecular formula is C17H25N3O5. The lowest BCUT2D eigenvalue weighted by Gasteiger charge is -2.17. The van der Waals surface area contributed by atoms with E-state index in [0.717, 1.165) is 0 Å². The third-order valence-corrected chi connectivity index (χ3v) is 3.60. The number of carbonyl (C=O) groups excluding carboxylic acids is 2. The van der Waals surface area contributed by atoms with Gasteiger partial charge >= 0.3 is 5.97 Å². The molecule has 1 aromatic rings. The molecule has 1 rings (SSSR count). The van der Waals surface area contributed by atoms with E-state index in [0.29, 0.717) is 23.2 Å². The summed E-state index contributed by atoms with van der Waals surface area (Å²) in [6.07, 6.45) is 0.280. The molecular weight excluding hydrogens is 326 g/mol. The van der Waals surface area contributed by atoms with Crippen molar-refractivity contribution in [3.63, 3.8) is 0 Å². The van der Waals surface area contributed by atoms with Crippen LogP contribution in [0.15, 0.2) is 10.9 Å². The van der Waals surface area contributed by atoms with Gasteiger partial charge in [-0.1, -0.05) is 0 Å². The molecule has 0 aliphatic rings. The van der Waals surface area contributed by atoms with Gasteiger partial charge in [0.2, 0.25) is 5.91 Å². The predicted molar refractivity (Wildman–Crippen MR) is 92.7 cm³/mol. The summed E-state index contributed by atoms with van der Waals surface area (Å²) in [6, 6.07) is 1.27. The second-order valence-corrected chi connectivity index (χ2v) is 6.19. The van der Waals surface area contributed by atoms with Crippen LogP contribution in [0.4, 0.5) is 0 Å². The molecule has 1 heterocycles. The summed E-state index contributed by atoms with van der Waals surface area (Å²) < 4.78 is 1.26. The van der Waals surface area contributed by atoms with E-state index >= 15 is 0 Å². The Morgan fingerprint density at radius 3 is 2.44 bits per heavy atom. The van der Waals surface area contributed by atoms with Gasteiger partial charge in [0.25, 0.3) is 11.5 Å². The first-order valence-electron chi connectivity index (χ1n) is 8.13. The molecule has 0 aliphatic carbocycles. The summed E-state index contributed by atoms with van der Waals surface area (Å²) >= 11 is 0. The highest BCUT2D eigenvalue weighted by atomic mass is 16.4. The second-order valence-electron chi connectivity index (χ2n) is 6.19. The number of nitrogens with one attached hydrogen (secondary N) is 2. The average Bonchev–Trinajstić information content (AvgIpc) is 2.46. The van der Waals surface area contributed by atoms with Crippen LogP contribution in [0.3, 0.4) is 0 Å². The molecule has 138 valence electrons. The number of amides is 2. The van der Waals surface area contributed by atoms with E-state index in [2.05, 4.69) is 10.6 Å². The van der Waals surface area contributed by atoms with E-state index in [1.807, 2.05) is 13.8 Å². The molecule has 2 amide bonds. The van der Waals surface area contributed by atoms with Crippen molar-refractivity contribution in [2.45, 2.75) is 53.1 Å². The fourth-order valence-corrected chi connectivity index (χ4v) is 2.50. The molecule has 8 heteroatoms. The van der Waals surface area contributed by atoms with Gasteiger partial charge in [-0.2, -0.15) is 0 Å². The molecule has 0 atom stereocenters. The number of aliphatic carboxylic acids is 1. The van der Waals surface area contributed by atoms with Crippen LogP contribution in [0.25, 0.3) is 0 Å². The molecule has 0 fully saturated rings. The van der Waals surface area contributed by atoms with Crippen LogP contribution < -0.4 is 16.2 Å². The van der Waals surface area contributed by atoms with E-state index in [-0.39, 0.29) is 37.0 Å². The lowest BCUT2D eigenvalue weighted by Crippen LogP contribution is -2.38. The fourth-order valence-electron chi connectivity index (χ4n) is 2.50. The lowest BCUT2D eigenvalue weighted by molar-refractivity contribution is -0.137. The van der Waals surface area contributed by atoms with E-state index in [1.54, 1.807) is 13.8 Å². The second kappa shape index (κ2) is 9.00. The number of hydrogen-bond acceptors (Lipinski definition) is 4. The SMILES string of the molecule is Cc1cc(=O)n(CC(=O)NC(C)C)c(C)c1C(=O)NCCCC(=O)O. The van der Waals surface area contributed by atoms with E-state index in [9.17, 15) is 19.2 Å². The highest BCUT2D eigenvalue weighted by Gasteiger charge is 2.18.